The number of benzene rings is 3. The fourth-order valence-electron chi connectivity index (χ4n) is 3.08. The summed E-state index contributed by atoms with van der Waals surface area (Å²) in [4.78, 5) is 25.2. The number of hydrazine groups is 1. The largest absolute Gasteiger partial charge is 0.458 e. The number of carbonyl (C=O) groups is 1. The molecule has 1 heterocycles. The molecule has 4 N–H and O–H groups in total. The summed E-state index contributed by atoms with van der Waals surface area (Å²) in [7, 11) is 1.63. The highest BCUT2D eigenvalue weighted by molar-refractivity contribution is 6.30. The molecule has 0 aliphatic heterocycles. The van der Waals surface area contributed by atoms with Gasteiger partial charge in [-0.25, -0.2) is 5.43 Å². The second-order valence-electron chi connectivity index (χ2n) is 7.43. The van der Waals surface area contributed by atoms with Crippen LogP contribution in [0.15, 0.2) is 78.9 Å². The van der Waals surface area contributed by atoms with Crippen molar-refractivity contribution < 1.29 is 9.53 Å². The molecule has 10 heteroatoms. The van der Waals surface area contributed by atoms with Crippen LogP contribution in [-0.2, 0) is 13.2 Å². The van der Waals surface area contributed by atoms with Crippen LogP contribution >= 0.6 is 11.6 Å². The Labute approximate surface area is 207 Å². The van der Waals surface area contributed by atoms with E-state index in [1.54, 1.807) is 31.3 Å². The first-order valence-electron chi connectivity index (χ1n) is 10.8. The van der Waals surface area contributed by atoms with Crippen molar-refractivity contribution in [3.63, 3.8) is 0 Å². The average Bonchev–Trinajstić information content (AvgIpc) is 2.88. The van der Waals surface area contributed by atoms with E-state index in [2.05, 4.69) is 36.4 Å². The maximum Gasteiger partial charge on any atom is 0.323 e. The lowest BCUT2D eigenvalue weighted by Gasteiger charge is -2.11. The van der Waals surface area contributed by atoms with Gasteiger partial charge in [-0.05, 0) is 47.5 Å². The molecule has 4 aromatic rings. The summed E-state index contributed by atoms with van der Waals surface area (Å²) in [6.07, 6.45) is 0. The second-order valence-corrected chi connectivity index (χ2v) is 7.86. The van der Waals surface area contributed by atoms with E-state index in [4.69, 9.17) is 16.3 Å². The van der Waals surface area contributed by atoms with E-state index in [-0.39, 0.29) is 11.9 Å². The number of nitrogens with zero attached hydrogens (tertiary/aromatic N) is 3. The smallest absolute Gasteiger partial charge is 0.323 e. The molecular weight excluding hydrogens is 466 g/mol. The Morgan fingerprint density at radius 3 is 2.29 bits per heavy atom. The number of aromatic nitrogens is 3. The van der Waals surface area contributed by atoms with Crippen molar-refractivity contribution in [2.45, 2.75) is 13.2 Å². The summed E-state index contributed by atoms with van der Waals surface area (Å²) in [5, 5.41) is 7.01. The number of amides is 1. The Hall–Kier alpha value is -4.21. The van der Waals surface area contributed by atoms with Crippen molar-refractivity contribution in [2.75, 3.05) is 17.7 Å². The van der Waals surface area contributed by atoms with E-state index >= 15 is 0 Å². The third kappa shape index (κ3) is 7.13. The lowest BCUT2D eigenvalue weighted by molar-refractivity contribution is 0.0938. The topological polar surface area (TPSA) is 113 Å². The highest BCUT2D eigenvalue weighted by atomic mass is 35.5. The Morgan fingerprint density at radius 1 is 0.857 bits per heavy atom. The lowest BCUT2D eigenvalue weighted by atomic mass is 10.2. The molecule has 0 saturated heterocycles. The molecule has 35 heavy (non-hydrogen) atoms. The highest BCUT2D eigenvalue weighted by Gasteiger charge is 2.10. The maximum atomic E-state index is 11.9. The lowest BCUT2D eigenvalue weighted by Crippen LogP contribution is -2.34. The molecule has 0 radical (unpaired) electrons. The number of carbonyl (C=O) groups excluding carboxylic acids is 1. The van der Waals surface area contributed by atoms with Gasteiger partial charge in [0.15, 0.2) is 0 Å². The van der Waals surface area contributed by atoms with Crippen molar-refractivity contribution in [1.29, 1.82) is 0 Å². The Morgan fingerprint density at radius 2 is 1.57 bits per heavy atom. The van der Waals surface area contributed by atoms with Gasteiger partial charge in [-0.3, -0.25) is 10.2 Å². The van der Waals surface area contributed by atoms with Gasteiger partial charge >= 0.3 is 6.01 Å². The summed E-state index contributed by atoms with van der Waals surface area (Å²) in [6.45, 7) is 0.810. The standard InChI is InChI=1S/C25H24ClN7O2/c1-27-33-22(34)19-9-13-21(14-10-19)29-24-30-23(28-15-17-7-11-20(26)12-8-17)31-25(32-24)35-16-18-5-3-2-4-6-18/h2-14,27H,15-16H2,1H3,(H,33,34)(H2,28,29,30,31,32). The van der Waals surface area contributed by atoms with E-state index in [9.17, 15) is 4.79 Å². The molecule has 178 valence electrons. The van der Waals surface area contributed by atoms with E-state index in [1.807, 2.05) is 54.6 Å². The SMILES string of the molecule is CNNC(=O)c1ccc(Nc2nc(NCc3ccc(Cl)cc3)nc(OCc3ccccc3)n2)cc1. The number of hydrogen-bond donors (Lipinski definition) is 4. The minimum absolute atomic E-state index is 0.176. The van der Waals surface area contributed by atoms with E-state index < -0.39 is 0 Å². The van der Waals surface area contributed by atoms with Gasteiger partial charge in [0, 0.05) is 29.9 Å². The molecular formula is C25H24ClN7O2. The maximum absolute atomic E-state index is 11.9. The zero-order valence-corrected chi connectivity index (χ0v) is 19.7. The zero-order valence-electron chi connectivity index (χ0n) is 19.0. The normalized spacial score (nSPS) is 10.5. The summed E-state index contributed by atoms with van der Waals surface area (Å²) < 4.78 is 5.84. The van der Waals surface area contributed by atoms with Gasteiger partial charge in [0.1, 0.15) is 6.61 Å². The number of hydrogen-bond acceptors (Lipinski definition) is 8. The average molecular weight is 490 g/mol. The molecule has 0 unspecified atom stereocenters. The zero-order chi connectivity index (χ0) is 24.5. The van der Waals surface area contributed by atoms with Gasteiger partial charge in [-0.1, -0.05) is 54.1 Å². The summed E-state index contributed by atoms with van der Waals surface area (Å²) in [5.74, 6) is 0.420. The molecule has 3 aromatic carbocycles. The second kappa shape index (κ2) is 11.8. The highest BCUT2D eigenvalue weighted by Crippen LogP contribution is 2.19. The number of anilines is 3. The van der Waals surface area contributed by atoms with E-state index in [0.717, 1.165) is 11.1 Å². The summed E-state index contributed by atoms with van der Waals surface area (Å²) in [6, 6.07) is 24.4. The van der Waals surface area contributed by atoms with Crippen LogP contribution in [0.3, 0.4) is 0 Å². The van der Waals surface area contributed by atoms with Crippen molar-refractivity contribution in [3.05, 3.63) is 101 Å². The van der Waals surface area contributed by atoms with Crippen LogP contribution in [0.4, 0.5) is 17.6 Å². The van der Waals surface area contributed by atoms with Crippen LogP contribution in [0.5, 0.6) is 6.01 Å². The van der Waals surface area contributed by atoms with Gasteiger partial charge in [0.05, 0.1) is 0 Å². The van der Waals surface area contributed by atoms with Crippen LogP contribution in [0.1, 0.15) is 21.5 Å². The number of ether oxygens (including phenoxy) is 1. The molecule has 0 fully saturated rings. The van der Waals surface area contributed by atoms with Crippen LogP contribution in [-0.4, -0.2) is 27.9 Å². The first kappa shape index (κ1) is 23.9. The van der Waals surface area contributed by atoms with Gasteiger partial charge in [-0.15, -0.1) is 0 Å². The van der Waals surface area contributed by atoms with Gasteiger partial charge in [0.25, 0.3) is 5.91 Å². The molecule has 1 amide bonds. The fourth-order valence-corrected chi connectivity index (χ4v) is 3.21. The predicted molar refractivity (Wildman–Crippen MR) is 136 cm³/mol. The minimum Gasteiger partial charge on any atom is -0.458 e. The number of halogens is 1. The first-order chi connectivity index (χ1) is 17.1. The Bertz CT molecular complexity index is 1250. The summed E-state index contributed by atoms with van der Waals surface area (Å²) in [5.41, 5.74) is 8.37. The Balaban J connectivity index is 1.51. The van der Waals surface area contributed by atoms with Crippen LogP contribution in [0.2, 0.25) is 5.02 Å². The van der Waals surface area contributed by atoms with Gasteiger partial charge in [-0.2, -0.15) is 15.0 Å². The minimum atomic E-state index is -0.232. The molecule has 0 saturated carbocycles. The van der Waals surface area contributed by atoms with Gasteiger partial charge in [0.2, 0.25) is 11.9 Å². The fraction of sp³-hybridized carbons (Fsp3) is 0.120. The third-order valence-electron chi connectivity index (χ3n) is 4.83. The van der Waals surface area contributed by atoms with E-state index in [1.165, 1.54) is 0 Å². The monoisotopic (exact) mass is 489 g/mol. The summed E-state index contributed by atoms with van der Waals surface area (Å²) >= 11 is 5.97. The van der Waals surface area contributed by atoms with Crippen molar-refractivity contribution in [2.24, 2.45) is 0 Å². The molecule has 0 aliphatic carbocycles. The predicted octanol–water partition coefficient (Wildman–Crippen LogP) is 4.32. The van der Waals surface area contributed by atoms with Crippen molar-refractivity contribution >= 4 is 35.1 Å². The number of rotatable bonds is 10. The number of nitrogens with one attached hydrogen (secondary N) is 4. The third-order valence-corrected chi connectivity index (χ3v) is 5.08. The molecule has 0 atom stereocenters. The Kier molecular flexibility index (Phi) is 8.05. The van der Waals surface area contributed by atoms with Crippen molar-refractivity contribution in [1.82, 2.24) is 25.8 Å². The van der Waals surface area contributed by atoms with Crippen LogP contribution in [0.25, 0.3) is 0 Å². The molecule has 0 bridgehead atoms. The van der Waals surface area contributed by atoms with Crippen LogP contribution < -0.4 is 26.2 Å². The molecule has 4 rings (SSSR count). The van der Waals surface area contributed by atoms with Crippen LogP contribution in [0, 0.1) is 0 Å². The molecule has 0 aliphatic rings. The molecule has 0 spiro atoms. The quantitative estimate of drug-likeness (QED) is 0.243. The molecule has 9 nitrogen and oxygen atoms in total. The molecule has 1 aromatic heterocycles. The van der Waals surface area contributed by atoms with Crippen molar-refractivity contribution in [3.8, 4) is 6.01 Å². The first-order valence-corrected chi connectivity index (χ1v) is 11.2. The van der Waals surface area contributed by atoms with Gasteiger partial charge < -0.3 is 15.4 Å². The van der Waals surface area contributed by atoms with E-state index in [0.29, 0.717) is 41.3 Å².